The highest BCUT2D eigenvalue weighted by Gasteiger charge is 2.15. The van der Waals surface area contributed by atoms with Crippen molar-refractivity contribution in [2.75, 3.05) is 26.8 Å². The van der Waals surface area contributed by atoms with Crippen molar-refractivity contribution in [3.8, 4) is 0 Å². The van der Waals surface area contributed by atoms with Gasteiger partial charge in [-0.25, -0.2) is 8.78 Å². The number of benzene rings is 1. The highest BCUT2D eigenvalue weighted by Crippen LogP contribution is 2.14. The molecule has 0 fully saturated rings. The van der Waals surface area contributed by atoms with Crippen molar-refractivity contribution in [3.63, 3.8) is 0 Å². The summed E-state index contributed by atoms with van der Waals surface area (Å²) in [5.41, 5.74) is 1.53. The van der Waals surface area contributed by atoms with E-state index in [1.165, 1.54) is 12.0 Å². The molecule has 1 rings (SSSR count). The van der Waals surface area contributed by atoms with E-state index in [4.69, 9.17) is 5.11 Å². The first-order valence-corrected chi connectivity index (χ1v) is 6.31. The van der Waals surface area contributed by atoms with E-state index in [0.29, 0.717) is 0 Å². The third kappa shape index (κ3) is 5.63. The van der Waals surface area contributed by atoms with Gasteiger partial charge in [-0.05, 0) is 11.1 Å². The monoisotopic (exact) mass is 287 g/mol. The van der Waals surface area contributed by atoms with Crippen LogP contribution in [-0.2, 0) is 22.5 Å². The molecule has 20 heavy (non-hydrogen) atoms. The molecule has 1 aromatic carbocycles. The van der Waals surface area contributed by atoms with Gasteiger partial charge in [0.15, 0.2) is 0 Å². The van der Waals surface area contributed by atoms with Crippen LogP contribution in [0.4, 0.5) is 8.78 Å². The topological polar surface area (TPSA) is 49.8 Å². The number of hydrogen-bond donors (Lipinski definition) is 1. The second-order valence-corrected chi connectivity index (χ2v) is 4.37. The van der Waals surface area contributed by atoms with Crippen molar-refractivity contribution in [2.45, 2.75) is 19.4 Å². The van der Waals surface area contributed by atoms with Gasteiger partial charge in [-0.15, -0.1) is 0 Å². The van der Waals surface area contributed by atoms with Crippen LogP contribution in [0.5, 0.6) is 0 Å². The number of carbonyl (C=O) groups excluding carboxylic acids is 1. The summed E-state index contributed by atoms with van der Waals surface area (Å²) in [7, 11) is 1.31. The number of alkyl halides is 2. The normalized spacial score (nSPS) is 11.1. The molecule has 1 aromatic rings. The summed E-state index contributed by atoms with van der Waals surface area (Å²) in [6.07, 6.45) is -2.36. The van der Waals surface area contributed by atoms with Crippen LogP contribution in [0, 0.1) is 0 Å². The number of nitrogens with zero attached hydrogens (tertiary/aromatic N) is 1. The predicted octanol–water partition coefficient (Wildman–Crippen LogP) is 1.46. The van der Waals surface area contributed by atoms with Gasteiger partial charge in [0.2, 0.25) is 0 Å². The predicted molar refractivity (Wildman–Crippen MR) is 70.5 cm³/mol. The van der Waals surface area contributed by atoms with E-state index >= 15 is 0 Å². The van der Waals surface area contributed by atoms with E-state index in [2.05, 4.69) is 4.74 Å². The van der Waals surface area contributed by atoms with Crippen LogP contribution in [0.25, 0.3) is 0 Å². The lowest BCUT2D eigenvalue weighted by atomic mass is 10.0. The van der Waals surface area contributed by atoms with Crippen molar-refractivity contribution in [1.29, 1.82) is 0 Å². The second kappa shape index (κ2) is 8.60. The van der Waals surface area contributed by atoms with Gasteiger partial charge in [-0.2, -0.15) is 0 Å². The number of esters is 1. The fraction of sp³-hybridized carbons (Fsp3) is 0.500. The Bertz CT molecular complexity index is 427. The van der Waals surface area contributed by atoms with Gasteiger partial charge in [0.05, 0.1) is 26.7 Å². The number of carbonyl (C=O) groups is 1. The Kier molecular flexibility index (Phi) is 7.11. The largest absolute Gasteiger partial charge is 0.469 e. The Hall–Kier alpha value is -1.53. The summed E-state index contributed by atoms with van der Waals surface area (Å²) < 4.78 is 29.6. The molecule has 0 radical (unpaired) electrons. The Labute approximate surface area is 117 Å². The van der Waals surface area contributed by atoms with E-state index in [9.17, 15) is 13.6 Å². The summed E-state index contributed by atoms with van der Waals surface area (Å²) in [5, 5.41) is 8.92. The minimum absolute atomic E-state index is 0.105. The highest BCUT2D eigenvalue weighted by molar-refractivity contribution is 5.72. The first-order chi connectivity index (χ1) is 9.56. The van der Waals surface area contributed by atoms with Crippen LogP contribution in [0.1, 0.15) is 11.1 Å². The fourth-order valence-corrected chi connectivity index (χ4v) is 1.92. The molecule has 0 saturated heterocycles. The van der Waals surface area contributed by atoms with Crippen molar-refractivity contribution in [3.05, 3.63) is 35.4 Å². The Balaban J connectivity index is 2.80. The minimum Gasteiger partial charge on any atom is -0.469 e. The van der Waals surface area contributed by atoms with Gasteiger partial charge < -0.3 is 9.84 Å². The van der Waals surface area contributed by atoms with Gasteiger partial charge in [0.25, 0.3) is 6.43 Å². The number of halogens is 2. The number of aliphatic hydroxyl groups excluding tert-OH is 1. The van der Waals surface area contributed by atoms with Crippen LogP contribution in [-0.4, -0.2) is 49.2 Å². The molecular formula is C14H19F2NO3. The van der Waals surface area contributed by atoms with Crippen molar-refractivity contribution in [2.24, 2.45) is 0 Å². The fourth-order valence-electron chi connectivity index (χ4n) is 1.92. The second-order valence-electron chi connectivity index (χ2n) is 4.37. The molecule has 112 valence electrons. The highest BCUT2D eigenvalue weighted by atomic mass is 19.3. The quantitative estimate of drug-likeness (QED) is 0.736. The Morgan fingerprint density at radius 2 is 2.00 bits per heavy atom. The van der Waals surface area contributed by atoms with Crippen LogP contribution in [0.2, 0.25) is 0 Å². The third-order valence-electron chi connectivity index (χ3n) is 2.89. The lowest BCUT2D eigenvalue weighted by molar-refractivity contribution is -0.139. The molecule has 0 amide bonds. The smallest absolute Gasteiger partial charge is 0.309 e. The zero-order valence-corrected chi connectivity index (χ0v) is 11.4. The maximum atomic E-state index is 12.5. The Morgan fingerprint density at radius 3 is 2.55 bits per heavy atom. The van der Waals surface area contributed by atoms with Crippen molar-refractivity contribution in [1.82, 2.24) is 4.90 Å². The Morgan fingerprint density at radius 1 is 1.35 bits per heavy atom. The summed E-state index contributed by atoms with van der Waals surface area (Å²) in [6.45, 7) is -0.173. The SMILES string of the molecule is COC(=O)Cc1ccccc1CN(CCO)CC(F)F. The van der Waals surface area contributed by atoms with E-state index in [1.807, 2.05) is 0 Å². The number of ether oxygens (including phenoxy) is 1. The first-order valence-electron chi connectivity index (χ1n) is 6.31. The molecule has 0 spiro atoms. The van der Waals surface area contributed by atoms with Crippen LogP contribution < -0.4 is 0 Å². The van der Waals surface area contributed by atoms with Gasteiger partial charge in [0, 0.05) is 13.1 Å². The molecule has 0 aliphatic heterocycles. The molecule has 0 aliphatic carbocycles. The van der Waals surface area contributed by atoms with E-state index < -0.39 is 13.0 Å². The first kappa shape index (κ1) is 16.5. The molecule has 0 unspecified atom stereocenters. The lowest BCUT2D eigenvalue weighted by Gasteiger charge is -2.22. The molecule has 0 aliphatic rings. The molecule has 0 atom stereocenters. The average molecular weight is 287 g/mol. The van der Waals surface area contributed by atoms with Crippen LogP contribution >= 0.6 is 0 Å². The number of rotatable bonds is 8. The third-order valence-corrected chi connectivity index (χ3v) is 2.89. The number of methoxy groups -OCH3 is 1. The van der Waals surface area contributed by atoms with E-state index in [1.54, 1.807) is 24.3 Å². The van der Waals surface area contributed by atoms with Crippen molar-refractivity contribution < 1.29 is 23.4 Å². The minimum atomic E-state index is -2.46. The van der Waals surface area contributed by atoms with Gasteiger partial charge in [-0.3, -0.25) is 9.69 Å². The molecule has 0 heterocycles. The molecule has 0 bridgehead atoms. The molecule has 6 heteroatoms. The maximum absolute atomic E-state index is 12.5. The number of aliphatic hydroxyl groups is 1. The lowest BCUT2D eigenvalue weighted by Crippen LogP contribution is -2.31. The summed E-state index contributed by atoms with van der Waals surface area (Å²) in [4.78, 5) is 12.8. The molecule has 4 nitrogen and oxygen atoms in total. The van der Waals surface area contributed by atoms with E-state index in [-0.39, 0.29) is 32.1 Å². The summed E-state index contributed by atoms with van der Waals surface area (Å²) in [6, 6.07) is 7.13. The zero-order chi connectivity index (χ0) is 15.0. The van der Waals surface area contributed by atoms with Crippen LogP contribution in [0.3, 0.4) is 0 Å². The van der Waals surface area contributed by atoms with Gasteiger partial charge in [0.1, 0.15) is 0 Å². The molecule has 0 aromatic heterocycles. The molecular weight excluding hydrogens is 268 g/mol. The van der Waals surface area contributed by atoms with Crippen molar-refractivity contribution >= 4 is 5.97 Å². The summed E-state index contributed by atoms with van der Waals surface area (Å²) in [5.74, 6) is -0.375. The van der Waals surface area contributed by atoms with E-state index in [0.717, 1.165) is 11.1 Å². The summed E-state index contributed by atoms with van der Waals surface area (Å²) >= 11 is 0. The number of hydrogen-bond acceptors (Lipinski definition) is 4. The standard InChI is InChI=1S/C14H19F2NO3/c1-20-14(19)8-11-4-2-3-5-12(11)9-17(6-7-18)10-13(15)16/h2-5,13,18H,6-10H2,1H3. The molecule has 1 N–H and O–H groups in total. The maximum Gasteiger partial charge on any atom is 0.309 e. The van der Waals surface area contributed by atoms with Gasteiger partial charge >= 0.3 is 5.97 Å². The van der Waals surface area contributed by atoms with Gasteiger partial charge in [-0.1, -0.05) is 24.3 Å². The average Bonchev–Trinajstić information content (AvgIpc) is 2.40. The van der Waals surface area contributed by atoms with Crippen LogP contribution in [0.15, 0.2) is 24.3 Å². The molecule has 0 saturated carbocycles. The zero-order valence-electron chi connectivity index (χ0n) is 11.4.